The smallest absolute Gasteiger partial charge is 0.317 e. The molecule has 1 fully saturated rings. The van der Waals surface area contributed by atoms with Crippen molar-refractivity contribution in [2.24, 2.45) is 0 Å². The third kappa shape index (κ3) is 3.23. The second-order valence-corrected chi connectivity index (χ2v) is 4.80. The molecular weight excluding hydrogens is 228 g/mol. The van der Waals surface area contributed by atoms with Crippen LogP contribution in [0.25, 0.3) is 0 Å². The second kappa shape index (κ2) is 5.87. The quantitative estimate of drug-likeness (QED) is 0.840. The Morgan fingerprint density at radius 1 is 1.33 bits per heavy atom. The number of rotatable bonds is 2. The van der Waals surface area contributed by atoms with Crippen LogP contribution >= 0.6 is 0 Å². The first-order valence-corrected chi connectivity index (χ1v) is 6.45. The Morgan fingerprint density at radius 2 is 1.94 bits per heavy atom. The molecule has 4 heteroatoms. The summed E-state index contributed by atoms with van der Waals surface area (Å²) in [5, 5.41) is 12.4. The van der Waals surface area contributed by atoms with Gasteiger partial charge >= 0.3 is 6.03 Å². The van der Waals surface area contributed by atoms with E-state index in [9.17, 15) is 9.90 Å². The molecule has 98 valence electrons. The zero-order valence-corrected chi connectivity index (χ0v) is 10.7. The van der Waals surface area contributed by atoms with Crippen molar-refractivity contribution in [3.05, 3.63) is 35.9 Å². The highest BCUT2D eigenvalue weighted by Gasteiger charge is 2.22. The molecule has 0 aliphatic carbocycles. The number of carbonyl (C=O) groups is 1. The van der Waals surface area contributed by atoms with Crippen LogP contribution in [0.4, 0.5) is 4.79 Å². The molecule has 1 saturated heterocycles. The maximum absolute atomic E-state index is 12.0. The van der Waals surface area contributed by atoms with Crippen LogP contribution in [-0.2, 0) is 0 Å². The maximum atomic E-state index is 12.0. The summed E-state index contributed by atoms with van der Waals surface area (Å²) in [6.45, 7) is 3.25. The lowest BCUT2D eigenvalue weighted by atomic mass is 10.1. The molecule has 0 spiro atoms. The van der Waals surface area contributed by atoms with Gasteiger partial charge in [0.15, 0.2) is 0 Å². The predicted octanol–water partition coefficient (Wildman–Crippen LogP) is 1.91. The monoisotopic (exact) mass is 248 g/mol. The Bertz CT molecular complexity index is 386. The maximum Gasteiger partial charge on any atom is 0.317 e. The van der Waals surface area contributed by atoms with Gasteiger partial charge in [0.2, 0.25) is 0 Å². The van der Waals surface area contributed by atoms with Crippen LogP contribution in [0.1, 0.15) is 31.4 Å². The highest BCUT2D eigenvalue weighted by Crippen LogP contribution is 2.14. The van der Waals surface area contributed by atoms with Gasteiger partial charge in [0, 0.05) is 13.1 Å². The van der Waals surface area contributed by atoms with Gasteiger partial charge in [0.25, 0.3) is 0 Å². The summed E-state index contributed by atoms with van der Waals surface area (Å²) in [6.07, 6.45) is 1.10. The first-order chi connectivity index (χ1) is 8.66. The topological polar surface area (TPSA) is 52.6 Å². The van der Waals surface area contributed by atoms with Gasteiger partial charge in [-0.1, -0.05) is 30.3 Å². The van der Waals surface area contributed by atoms with Crippen molar-refractivity contribution < 1.29 is 9.90 Å². The molecule has 0 radical (unpaired) electrons. The van der Waals surface area contributed by atoms with E-state index in [0.717, 1.165) is 5.56 Å². The van der Waals surface area contributed by atoms with E-state index in [2.05, 4.69) is 5.32 Å². The van der Waals surface area contributed by atoms with Gasteiger partial charge < -0.3 is 15.3 Å². The summed E-state index contributed by atoms with van der Waals surface area (Å²) >= 11 is 0. The molecule has 0 aromatic heterocycles. The summed E-state index contributed by atoms with van der Waals surface area (Å²) in [6, 6.07) is 9.87. The van der Waals surface area contributed by atoms with E-state index in [1.807, 2.05) is 37.3 Å². The number of aliphatic hydroxyl groups excluding tert-OH is 1. The largest absolute Gasteiger partial charge is 0.393 e. The van der Waals surface area contributed by atoms with Crippen LogP contribution in [0, 0.1) is 0 Å². The molecule has 1 aromatic carbocycles. The Morgan fingerprint density at radius 3 is 2.56 bits per heavy atom. The molecule has 4 nitrogen and oxygen atoms in total. The highest BCUT2D eigenvalue weighted by atomic mass is 16.3. The first-order valence-electron chi connectivity index (χ1n) is 6.45. The Kier molecular flexibility index (Phi) is 4.20. The van der Waals surface area contributed by atoms with Crippen molar-refractivity contribution in [3.8, 4) is 0 Å². The summed E-state index contributed by atoms with van der Waals surface area (Å²) in [7, 11) is 0. The number of benzene rings is 1. The SMILES string of the molecule is CC(NC(=O)N1CCC(O)CC1)c1ccccc1. The summed E-state index contributed by atoms with van der Waals surface area (Å²) in [5.41, 5.74) is 1.10. The molecule has 1 atom stereocenters. The summed E-state index contributed by atoms with van der Waals surface area (Å²) in [5.74, 6) is 0. The Balaban J connectivity index is 1.87. The molecule has 2 amide bonds. The van der Waals surface area contributed by atoms with E-state index < -0.39 is 0 Å². The molecule has 1 aliphatic heterocycles. The molecule has 1 unspecified atom stereocenters. The van der Waals surface area contributed by atoms with Crippen LogP contribution in [0.2, 0.25) is 0 Å². The van der Waals surface area contributed by atoms with E-state index in [-0.39, 0.29) is 18.2 Å². The van der Waals surface area contributed by atoms with E-state index in [1.54, 1.807) is 4.90 Å². The minimum Gasteiger partial charge on any atom is -0.393 e. The van der Waals surface area contributed by atoms with Gasteiger partial charge in [-0.25, -0.2) is 4.79 Å². The number of carbonyl (C=O) groups excluding carboxylic acids is 1. The number of nitrogens with one attached hydrogen (secondary N) is 1. The van der Waals surface area contributed by atoms with Crippen molar-refractivity contribution >= 4 is 6.03 Å². The normalized spacial score (nSPS) is 18.4. The van der Waals surface area contributed by atoms with Crippen LogP contribution in [0.5, 0.6) is 0 Å². The average molecular weight is 248 g/mol. The van der Waals surface area contributed by atoms with Crippen molar-refractivity contribution in [1.29, 1.82) is 0 Å². The molecule has 1 heterocycles. The molecule has 1 aromatic rings. The number of urea groups is 1. The molecule has 2 N–H and O–H groups in total. The van der Waals surface area contributed by atoms with Gasteiger partial charge in [0.05, 0.1) is 12.1 Å². The third-order valence-electron chi connectivity index (χ3n) is 3.39. The van der Waals surface area contributed by atoms with Gasteiger partial charge in [0.1, 0.15) is 0 Å². The Hall–Kier alpha value is -1.55. The fraction of sp³-hybridized carbons (Fsp3) is 0.500. The first kappa shape index (κ1) is 12.9. The number of amides is 2. The number of hydrogen-bond donors (Lipinski definition) is 2. The Labute approximate surface area is 108 Å². The number of nitrogens with zero attached hydrogens (tertiary/aromatic N) is 1. The number of likely N-dealkylation sites (tertiary alicyclic amines) is 1. The van der Waals surface area contributed by atoms with Gasteiger partial charge in [-0.05, 0) is 25.3 Å². The fourth-order valence-corrected chi connectivity index (χ4v) is 2.17. The molecule has 0 saturated carbocycles. The lowest BCUT2D eigenvalue weighted by Crippen LogP contribution is -2.46. The van der Waals surface area contributed by atoms with Crippen LogP contribution in [0.15, 0.2) is 30.3 Å². The van der Waals surface area contributed by atoms with Crippen molar-refractivity contribution in [3.63, 3.8) is 0 Å². The second-order valence-electron chi connectivity index (χ2n) is 4.80. The van der Waals surface area contributed by atoms with Crippen LogP contribution < -0.4 is 5.32 Å². The average Bonchev–Trinajstić information content (AvgIpc) is 2.40. The molecular formula is C14H20N2O2. The van der Waals surface area contributed by atoms with Crippen molar-refractivity contribution in [2.75, 3.05) is 13.1 Å². The van der Waals surface area contributed by atoms with E-state index in [4.69, 9.17) is 0 Å². The minimum absolute atomic E-state index is 0.00514. The number of aliphatic hydroxyl groups is 1. The van der Waals surface area contributed by atoms with Crippen molar-refractivity contribution in [2.45, 2.75) is 31.9 Å². The van der Waals surface area contributed by atoms with E-state index in [1.165, 1.54) is 0 Å². The molecule has 18 heavy (non-hydrogen) atoms. The lowest BCUT2D eigenvalue weighted by molar-refractivity contribution is 0.0930. The standard InChI is InChI=1S/C14H20N2O2/c1-11(12-5-3-2-4-6-12)15-14(18)16-9-7-13(17)8-10-16/h2-6,11,13,17H,7-10H2,1H3,(H,15,18). The van der Waals surface area contributed by atoms with E-state index >= 15 is 0 Å². The van der Waals surface area contributed by atoms with Crippen LogP contribution in [-0.4, -0.2) is 35.2 Å². The molecule has 0 bridgehead atoms. The highest BCUT2D eigenvalue weighted by molar-refractivity contribution is 5.74. The lowest BCUT2D eigenvalue weighted by Gasteiger charge is -2.30. The minimum atomic E-state index is -0.249. The van der Waals surface area contributed by atoms with Gasteiger partial charge in [-0.2, -0.15) is 0 Å². The number of piperidine rings is 1. The fourth-order valence-electron chi connectivity index (χ4n) is 2.17. The number of hydrogen-bond acceptors (Lipinski definition) is 2. The van der Waals surface area contributed by atoms with Crippen LogP contribution in [0.3, 0.4) is 0 Å². The molecule has 1 aliphatic rings. The zero-order valence-electron chi connectivity index (χ0n) is 10.7. The predicted molar refractivity (Wildman–Crippen MR) is 70.2 cm³/mol. The van der Waals surface area contributed by atoms with Gasteiger partial charge in [-0.15, -0.1) is 0 Å². The zero-order chi connectivity index (χ0) is 13.0. The van der Waals surface area contributed by atoms with Crippen molar-refractivity contribution in [1.82, 2.24) is 10.2 Å². The third-order valence-corrected chi connectivity index (χ3v) is 3.39. The molecule has 2 rings (SSSR count). The summed E-state index contributed by atoms with van der Waals surface area (Å²) < 4.78 is 0. The van der Waals surface area contributed by atoms with E-state index in [0.29, 0.717) is 25.9 Å². The van der Waals surface area contributed by atoms with Gasteiger partial charge in [-0.3, -0.25) is 0 Å². The summed E-state index contributed by atoms with van der Waals surface area (Å²) in [4.78, 5) is 13.8.